The molecule has 0 saturated carbocycles. The number of nitrogens with zero attached hydrogens (tertiary/aromatic N) is 1. The molecular weight excluding hydrogens is 196 g/mol. The Bertz CT molecular complexity index is 211. The van der Waals surface area contributed by atoms with Crippen molar-refractivity contribution in [3.63, 3.8) is 0 Å². The molecule has 0 aliphatic carbocycles. The molecule has 0 radical (unpaired) electrons. The Balaban J connectivity index is 2.64. The van der Waals surface area contributed by atoms with Gasteiger partial charge in [0.2, 0.25) is 5.91 Å². The van der Waals surface area contributed by atoms with E-state index in [4.69, 9.17) is 9.84 Å². The van der Waals surface area contributed by atoms with Crippen LogP contribution in [0, 0.1) is 0 Å². The van der Waals surface area contributed by atoms with Gasteiger partial charge in [0.15, 0.2) is 0 Å². The maximum absolute atomic E-state index is 11.9. The molecule has 1 saturated heterocycles. The summed E-state index contributed by atoms with van der Waals surface area (Å²) in [6.45, 7) is 3.77. The maximum atomic E-state index is 11.9. The largest absolute Gasteiger partial charge is 0.394 e. The lowest BCUT2D eigenvalue weighted by atomic mass is 10.2. The first kappa shape index (κ1) is 12.4. The van der Waals surface area contributed by atoms with E-state index in [1.165, 1.54) is 0 Å². The van der Waals surface area contributed by atoms with Gasteiger partial charge in [-0.3, -0.25) is 4.79 Å². The maximum Gasteiger partial charge on any atom is 0.242 e. The monoisotopic (exact) mass is 216 g/mol. The van der Waals surface area contributed by atoms with Crippen molar-refractivity contribution < 1.29 is 14.6 Å². The van der Waals surface area contributed by atoms with Crippen molar-refractivity contribution in [2.75, 3.05) is 33.4 Å². The number of carbonyl (C=O) groups excluding carboxylic acids is 1. The van der Waals surface area contributed by atoms with E-state index in [-0.39, 0.29) is 18.6 Å². The van der Waals surface area contributed by atoms with Crippen molar-refractivity contribution in [3.05, 3.63) is 0 Å². The van der Waals surface area contributed by atoms with E-state index in [1.54, 1.807) is 12.0 Å². The molecule has 15 heavy (non-hydrogen) atoms. The summed E-state index contributed by atoms with van der Waals surface area (Å²) in [6, 6.07) is -0.247. The number of amides is 1. The second-order valence-corrected chi connectivity index (χ2v) is 3.85. The van der Waals surface area contributed by atoms with E-state index in [0.717, 1.165) is 13.0 Å². The standard InChI is InChI=1S/C10H20N2O3/c1-8-3-4-11-9(7-13)10(14)12(8)5-6-15-2/h8-9,11,13H,3-7H2,1-2H3. The summed E-state index contributed by atoms with van der Waals surface area (Å²) in [5, 5.41) is 12.1. The topological polar surface area (TPSA) is 61.8 Å². The molecule has 5 nitrogen and oxygen atoms in total. The van der Waals surface area contributed by atoms with Gasteiger partial charge < -0.3 is 20.1 Å². The van der Waals surface area contributed by atoms with Crippen LogP contribution in [-0.2, 0) is 9.53 Å². The van der Waals surface area contributed by atoms with Crippen molar-refractivity contribution in [1.29, 1.82) is 0 Å². The van der Waals surface area contributed by atoms with Crippen LogP contribution in [0.3, 0.4) is 0 Å². The van der Waals surface area contributed by atoms with Crippen LogP contribution in [0.25, 0.3) is 0 Å². The van der Waals surface area contributed by atoms with Gasteiger partial charge in [-0.2, -0.15) is 0 Å². The second kappa shape index (κ2) is 6.05. The first-order valence-electron chi connectivity index (χ1n) is 5.34. The molecule has 0 spiro atoms. The number of ether oxygens (including phenoxy) is 1. The van der Waals surface area contributed by atoms with Gasteiger partial charge in [-0.05, 0) is 19.9 Å². The number of hydrogen-bond donors (Lipinski definition) is 2. The highest BCUT2D eigenvalue weighted by Gasteiger charge is 2.29. The van der Waals surface area contributed by atoms with Gasteiger partial charge in [0.05, 0.1) is 13.2 Å². The van der Waals surface area contributed by atoms with E-state index < -0.39 is 6.04 Å². The Morgan fingerprint density at radius 1 is 1.67 bits per heavy atom. The number of rotatable bonds is 4. The average Bonchev–Trinajstić information content (AvgIpc) is 2.36. The lowest BCUT2D eigenvalue weighted by molar-refractivity contribution is -0.136. The fourth-order valence-corrected chi connectivity index (χ4v) is 1.79. The van der Waals surface area contributed by atoms with Crippen LogP contribution in [0.5, 0.6) is 0 Å². The minimum Gasteiger partial charge on any atom is -0.394 e. The molecule has 1 aliphatic heterocycles. The molecule has 1 rings (SSSR count). The zero-order chi connectivity index (χ0) is 11.3. The first-order chi connectivity index (χ1) is 7.20. The number of aliphatic hydroxyl groups excluding tert-OH is 1. The van der Waals surface area contributed by atoms with E-state index >= 15 is 0 Å². The molecule has 2 unspecified atom stereocenters. The molecule has 88 valence electrons. The summed E-state index contributed by atoms with van der Waals surface area (Å²) in [5.74, 6) is -0.0282. The average molecular weight is 216 g/mol. The van der Waals surface area contributed by atoms with Crippen LogP contribution in [0.4, 0.5) is 0 Å². The van der Waals surface area contributed by atoms with E-state index in [2.05, 4.69) is 5.32 Å². The zero-order valence-electron chi connectivity index (χ0n) is 9.40. The number of methoxy groups -OCH3 is 1. The summed E-state index contributed by atoms with van der Waals surface area (Å²) in [7, 11) is 1.62. The highest BCUT2D eigenvalue weighted by Crippen LogP contribution is 2.09. The third-order valence-electron chi connectivity index (χ3n) is 2.78. The number of aliphatic hydroxyl groups is 1. The lowest BCUT2D eigenvalue weighted by Crippen LogP contribution is -2.48. The smallest absolute Gasteiger partial charge is 0.242 e. The fourth-order valence-electron chi connectivity index (χ4n) is 1.79. The summed E-state index contributed by atoms with van der Waals surface area (Å²) < 4.78 is 4.97. The molecule has 1 fully saturated rings. The Labute approximate surface area is 90.4 Å². The third kappa shape index (κ3) is 3.15. The SMILES string of the molecule is COCCN1C(=O)C(CO)NCCC1C. The quantitative estimate of drug-likeness (QED) is 0.646. The number of hydrogen-bond acceptors (Lipinski definition) is 4. The molecule has 1 heterocycles. The molecule has 0 aromatic heterocycles. The van der Waals surface area contributed by atoms with Crippen LogP contribution < -0.4 is 5.32 Å². The van der Waals surface area contributed by atoms with E-state index in [9.17, 15) is 4.79 Å². The minimum absolute atomic E-state index is 0.0282. The third-order valence-corrected chi connectivity index (χ3v) is 2.78. The summed E-state index contributed by atoms with van der Waals surface area (Å²) >= 11 is 0. The Kier molecular flexibility index (Phi) is 5.01. The summed E-state index contributed by atoms with van der Waals surface area (Å²) in [4.78, 5) is 13.7. The molecule has 0 aromatic carbocycles. The van der Waals surface area contributed by atoms with Crippen LogP contribution in [-0.4, -0.2) is 61.4 Å². The Hall–Kier alpha value is -0.650. The van der Waals surface area contributed by atoms with E-state index in [0.29, 0.717) is 13.2 Å². The van der Waals surface area contributed by atoms with Gasteiger partial charge in [-0.15, -0.1) is 0 Å². The number of nitrogens with one attached hydrogen (secondary N) is 1. The molecule has 1 aliphatic rings. The zero-order valence-corrected chi connectivity index (χ0v) is 9.40. The summed E-state index contributed by atoms with van der Waals surface area (Å²) in [6.07, 6.45) is 0.909. The highest BCUT2D eigenvalue weighted by molar-refractivity contribution is 5.82. The lowest BCUT2D eigenvalue weighted by Gasteiger charge is -2.28. The highest BCUT2D eigenvalue weighted by atomic mass is 16.5. The van der Waals surface area contributed by atoms with Gasteiger partial charge in [0.25, 0.3) is 0 Å². The molecule has 0 aromatic rings. The molecule has 2 atom stereocenters. The normalized spacial score (nSPS) is 27.9. The van der Waals surface area contributed by atoms with Gasteiger partial charge in [0.1, 0.15) is 6.04 Å². The first-order valence-corrected chi connectivity index (χ1v) is 5.34. The molecular formula is C10H20N2O3. The van der Waals surface area contributed by atoms with Crippen LogP contribution >= 0.6 is 0 Å². The van der Waals surface area contributed by atoms with Crippen LogP contribution in [0.2, 0.25) is 0 Å². The van der Waals surface area contributed by atoms with Crippen molar-refractivity contribution in [3.8, 4) is 0 Å². The van der Waals surface area contributed by atoms with Crippen molar-refractivity contribution in [2.24, 2.45) is 0 Å². The van der Waals surface area contributed by atoms with Gasteiger partial charge in [0, 0.05) is 19.7 Å². The number of carbonyl (C=O) groups is 1. The molecule has 5 heteroatoms. The van der Waals surface area contributed by atoms with Crippen LogP contribution in [0.15, 0.2) is 0 Å². The van der Waals surface area contributed by atoms with Crippen molar-refractivity contribution in [2.45, 2.75) is 25.4 Å². The second-order valence-electron chi connectivity index (χ2n) is 3.85. The molecule has 2 N–H and O–H groups in total. The van der Waals surface area contributed by atoms with Crippen LogP contribution in [0.1, 0.15) is 13.3 Å². The van der Waals surface area contributed by atoms with Crippen molar-refractivity contribution >= 4 is 5.91 Å². The van der Waals surface area contributed by atoms with Gasteiger partial charge in [-0.1, -0.05) is 0 Å². The molecule has 1 amide bonds. The predicted molar refractivity (Wildman–Crippen MR) is 56.5 cm³/mol. The minimum atomic E-state index is -0.452. The predicted octanol–water partition coefficient (Wildman–Crippen LogP) is -0.796. The Morgan fingerprint density at radius 2 is 2.40 bits per heavy atom. The Morgan fingerprint density at radius 3 is 3.00 bits per heavy atom. The molecule has 0 bridgehead atoms. The van der Waals surface area contributed by atoms with Gasteiger partial charge in [-0.25, -0.2) is 0 Å². The fraction of sp³-hybridized carbons (Fsp3) is 0.900. The van der Waals surface area contributed by atoms with Crippen molar-refractivity contribution in [1.82, 2.24) is 10.2 Å². The van der Waals surface area contributed by atoms with Gasteiger partial charge >= 0.3 is 0 Å². The summed E-state index contributed by atoms with van der Waals surface area (Å²) in [5.41, 5.74) is 0. The van der Waals surface area contributed by atoms with E-state index in [1.807, 2.05) is 6.92 Å².